The number of fused-ring (bicyclic) bond motifs is 1. The molecule has 0 spiro atoms. The summed E-state index contributed by atoms with van der Waals surface area (Å²) in [6.45, 7) is 2.54. The minimum atomic E-state index is -0.784. The first-order chi connectivity index (χ1) is 7.70. The van der Waals surface area contributed by atoms with Crippen molar-refractivity contribution in [2.45, 2.75) is 19.8 Å². The van der Waals surface area contributed by atoms with Crippen LogP contribution in [-0.2, 0) is 16.0 Å². The lowest BCUT2D eigenvalue weighted by molar-refractivity contribution is -0.146. The van der Waals surface area contributed by atoms with Crippen molar-refractivity contribution in [2.75, 3.05) is 11.9 Å². The van der Waals surface area contributed by atoms with Gasteiger partial charge in [-0.25, -0.2) is 4.79 Å². The van der Waals surface area contributed by atoms with Crippen LogP contribution in [0.15, 0.2) is 18.2 Å². The van der Waals surface area contributed by atoms with Crippen LogP contribution in [0, 0.1) is 0 Å². The summed E-state index contributed by atoms with van der Waals surface area (Å²) < 4.78 is 4.98. The highest BCUT2D eigenvalue weighted by atomic mass is 16.5. The normalized spacial score (nSPS) is 12.8. The molecule has 0 fully saturated rings. The monoisotopic (exact) mass is 219 g/mol. The highest BCUT2D eigenvalue weighted by Gasteiger charge is 2.16. The van der Waals surface area contributed by atoms with Crippen LogP contribution in [0.2, 0.25) is 0 Å². The smallest absolute Gasteiger partial charge is 0.379 e. The Kier molecular flexibility index (Phi) is 2.90. The average molecular weight is 219 g/mol. The highest BCUT2D eigenvalue weighted by Crippen LogP contribution is 2.26. The quantitative estimate of drug-likeness (QED) is 0.476. The van der Waals surface area contributed by atoms with Crippen molar-refractivity contribution in [1.29, 1.82) is 0 Å². The van der Waals surface area contributed by atoms with Crippen LogP contribution in [0.3, 0.4) is 0 Å². The minimum Gasteiger partial charge on any atom is -0.421 e. The molecule has 0 unspecified atom stereocenters. The molecule has 0 bridgehead atoms. The summed E-state index contributed by atoms with van der Waals surface area (Å²) in [5.74, 6) is -0.846. The van der Waals surface area contributed by atoms with Crippen molar-refractivity contribution in [3.63, 3.8) is 0 Å². The molecule has 0 amide bonds. The Hall–Kier alpha value is -1.84. The predicted molar refractivity (Wildman–Crippen MR) is 59.6 cm³/mol. The number of esters is 1. The fourth-order valence-corrected chi connectivity index (χ4v) is 1.65. The predicted octanol–water partition coefficient (Wildman–Crippen LogP) is 1.54. The number of carbonyl (C=O) groups excluding carboxylic acids is 2. The van der Waals surface area contributed by atoms with E-state index < -0.39 is 11.8 Å². The summed E-state index contributed by atoms with van der Waals surface area (Å²) in [6.07, 6.45) is 1.09. The van der Waals surface area contributed by atoms with Crippen LogP contribution in [0.4, 0.5) is 5.69 Å². The Morgan fingerprint density at radius 3 is 3.00 bits per heavy atom. The number of benzene rings is 1. The first-order valence-electron chi connectivity index (χ1n) is 5.32. The molecule has 1 aromatic carbocycles. The molecule has 4 nitrogen and oxygen atoms in total. The summed E-state index contributed by atoms with van der Waals surface area (Å²) in [4.78, 5) is 22.3. The van der Waals surface area contributed by atoms with E-state index in [0.717, 1.165) is 24.2 Å². The molecule has 1 N–H and O–H groups in total. The number of Topliss-reactive ketones (excluding diaryl/α,β-unsaturated/α-hetero) is 1. The van der Waals surface area contributed by atoms with E-state index in [-0.39, 0.29) is 6.42 Å². The lowest BCUT2D eigenvalue weighted by Crippen LogP contribution is -2.19. The zero-order valence-electron chi connectivity index (χ0n) is 9.08. The fraction of sp³-hybridized carbons (Fsp3) is 0.333. The maximum Gasteiger partial charge on any atom is 0.379 e. The van der Waals surface area contributed by atoms with Crippen molar-refractivity contribution in [1.82, 2.24) is 0 Å². The van der Waals surface area contributed by atoms with Gasteiger partial charge in [-0.2, -0.15) is 0 Å². The van der Waals surface area contributed by atoms with Crippen LogP contribution in [0.1, 0.15) is 18.9 Å². The molecule has 0 saturated carbocycles. The molecule has 1 aliphatic heterocycles. The van der Waals surface area contributed by atoms with Gasteiger partial charge in [0.1, 0.15) is 5.75 Å². The van der Waals surface area contributed by atoms with Gasteiger partial charge in [0.05, 0.1) is 0 Å². The molecule has 0 saturated heterocycles. The molecule has 4 heteroatoms. The van der Waals surface area contributed by atoms with Gasteiger partial charge in [-0.15, -0.1) is 0 Å². The minimum absolute atomic E-state index is 0.172. The van der Waals surface area contributed by atoms with Crippen LogP contribution >= 0.6 is 0 Å². The largest absolute Gasteiger partial charge is 0.421 e. The second-order valence-electron chi connectivity index (χ2n) is 3.66. The summed E-state index contributed by atoms with van der Waals surface area (Å²) >= 11 is 0. The lowest BCUT2D eigenvalue weighted by Gasteiger charge is -2.04. The third-order valence-electron chi connectivity index (χ3n) is 2.55. The third-order valence-corrected chi connectivity index (χ3v) is 2.55. The Morgan fingerprint density at radius 1 is 1.44 bits per heavy atom. The van der Waals surface area contributed by atoms with Gasteiger partial charge in [-0.1, -0.05) is 6.92 Å². The average Bonchev–Trinajstić information content (AvgIpc) is 2.75. The van der Waals surface area contributed by atoms with E-state index in [0.29, 0.717) is 5.75 Å². The Morgan fingerprint density at radius 2 is 2.25 bits per heavy atom. The SMILES string of the molecule is CCC(=O)C(=O)Oc1ccc2c(c1)CCN2. The van der Waals surface area contributed by atoms with Crippen LogP contribution in [0.5, 0.6) is 5.75 Å². The summed E-state index contributed by atoms with van der Waals surface area (Å²) in [6, 6.07) is 5.36. The second kappa shape index (κ2) is 4.35. The van der Waals surface area contributed by atoms with E-state index in [1.54, 1.807) is 19.1 Å². The molecule has 0 aromatic heterocycles. The van der Waals surface area contributed by atoms with Gasteiger partial charge in [-0.3, -0.25) is 4.79 Å². The van der Waals surface area contributed by atoms with Gasteiger partial charge in [-0.05, 0) is 30.2 Å². The molecule has 1 aliphatic rings. The molecule has 0 radical (unpaired) electrons. The van der Waals surface area contributed by atoms with Gasteiger partial charge in [0, 0.05) is 18.7 Å². The van der Waals surface area contributed by atoms with E-state index in [1.165, 1.54) is 0 Å². The zero-order chi connectivity index (χ0) is 11.5. The molecular formula is C12H13NO3. The molecule has 84 valence electrons. The van der Waals surface area contributed by atoms with Gasteiger partial charge in [0.25, 0.3) is 0 Å². The summed E-state index contributed by atoms with van der Waals surface area (Å²) in [5, 5.41) is 3.21. The number of ether oxygens (including phenoxy) is 1. The zero-order valence-corrected chi connectivity index (χ0v) is 9.08. The van der Waals surface area contributed by atoms with E-state index >= 15 is 0 Å². The molecule has 1 aromatic rings. The van der Waals surface area contributed by atoms with Crippen molar-refractivity contribution < 1.29 is 14.3 Å². The summed E-state index contributed by atoms with van der Waals surface area (Å²) in [5.41, 5.74) is 2.19. The highest BCUT2D eigenvalue weighted by molar-refractivity contribution is 6.34. The third kappa shape index (κ3) is 2.05. The Labute approximate surface area is 93.6 Å². The van der Waals surface area contributed by atoms with Gasteiger partial charge < -0.3 is 10.1 Å². The number of anilines is 1. The Bertz CT molecular complexity index is 440. The number of hydrogen-bond donors (Lipinski definition) is 1. The first-order valence-corrected chi connectivity index (χ1v) is 5.32. The Balaban J connectivity index is 2.11. The van der Waals surface area contributed by atoms with Crippen molar-refractivity contribution >= 4 is 17.4 Å². The second-order valence-corrected chi connectivity index (χ2v) is 3.66. The van der Waals surface area contributed by atoms with Crippen molar-refractivity contribution in [2.24, 2.45) is 0 Å². The van der Waals surface area contributed by atoms with Crippen LogP contribution in [0.25, 0.3) is 0 Å². The van der Waals surface area contributed by atoms with E-state index in [1.807, 2.05) is 6.07 Å². The van der Waals surface area contributed by atoms with Crippen LogP contribution < -0.4 is 10.1 Å². The van der Waals surface area contributed by atoms with Gasteiger partial charge in [0.15, 0.2) is 0 Å². The number of carbonyl (C=O) groups is 2. The topological polar surface area (TPSA) is 55.4 Å². The number of ketones is 1. The maximum atomic E-state index is 11.3. The molecule has 0 atom stereocenters. The maximum absolute atomic E-state index is 11.3. The van der Waals surface area contributed by atoms with E-state index in [4.69, 9.17) is 4.74 Å². The molecule has 1 heterocycles. The van der Waals surface area contributed by atoms with Gasteiger partial charge >= 0.3 is 5.97 Å². The molecule has 2 rings (SSSR count). The lowest BCUT2D eigenvalue weighted by atomic mass is 10.1. The standard InChI is InChI=1S/C12H13NO3/c1-2-11(14)12(15)16-9-3-4-10-8(7-9)5-6-13-10/h3-4,7,13H,2,5-6H2,1H3. The molecule has 0 aliphatic carbocycles. The number of nitrogens with one attached hydrogen (secondary N) is 1. The number of rotatable bonds is 3. The van der Waals surface area contributed by atoms with Crippen molar-refractivity contribution in [3.8, 4) is 5.75 Å². The van der Waals surface area contributed by atoms with Gasteiger partial charge in [0.2, 0.25) is 5.78 Å². The number of hydrogen-bond acceptors (Lipinski definition) is 4. The first kappa shape index (κ1) is 10.7. The van der Waals surface area contributed by atoms with Crippen LogP contribution in [-0.4, -0.2) is 18.3 Å². The fourth-order valence-electron chi connectivity index (χ4n) is 1.65. The van der Waals surface area contributed by atoms with Crippen molar-refractivity contribution in [3.05, 3.63) is 23.8 Å². The molecular weight excluding hydrogens is 206 g/mol. The van der Waals surface area contributed by atoms with E-state index in [9.17, 15) is 9.59 Å². The molecule has 16 heavy (non-hydrogen) atoms. The summed E-state index contributed by atoms with van der Waals surface area (Å²) in [7, 11) is 0. The van der Waals surface area contributed by atoms with E-state index in [2.05, 4.69) is 5.32 Å².